The maximum atomic E-state index is 10.2. The highest BCUT2D eigenvalue weighted by Gasteiger charge is 2.36. The lowest BCUT2D eigenvalue weighted by Gasteiger charge is -1.96. The zero-order valence-corrected chi connectivity index (χ0v) is 4.87. The average molecular weight is 125 g/mol. The van der Waals surface area contributed by atoms with Gasteiger partial charge in [-0.25, -0.2) is 0 Å². The van der Waals surface area contributed by atoms with E-state index in [1.54, 1.807) is 6.07 Å². The van der Waals surface area contributed by atoms with Gasteiger partial charge < -0.3 is 5.11 Å². The molecule has 0 saturated heterocycles. The van der Waals surface area contributed by atoms with Gasteiger partial charge in [-0.15, -0.1) is 0 Å². The molecule has 1 N–H and O–H groups in total. The van der Waals surface area contributed by atoms with Gasteiger partial charge in [0.25, 0.3) is 0 Å². The number of aliphatic carboxylic acids is 1. The van der Waals surface area contributed by atoms with Gasteiger partial charge in [0, 0.05) is 0 Å². The molecular formula is C6H7NO2. The van der Waals surface area contributed by atoms with Crippen LogP contribution in [0.15, 0.2) is 0 Å². The minimum absolute atomic E-state index is 0.146. The summed E-state index contributed by atoms with van der Waals surface area (Å²) in [5, 5.41) is 16.6. The van der Waals surface area contributed by atoms with Crippen molar-refractivity contribution in [3.63, 3.8) is 0 Å². The molecule has 0 spiro atoms. The molecule has 1 aliphatic carbocycles. The fourth-order valence-corrected chi connectivity index (χ4v) is 0.792. The fourth-order valence-electron chi connectivity index (χ4n) is 0.792. The van der Waals surface area contributed by atoms with E-state index in [1.807, 2.05) is 0 Å². The largest absolute Gasteiger partial charge is 0.480 e. The van der Waals surface area contributed by atoms with E-state index in [2.05, 4.69) is 0 Å². The summed E-state index contributed by atoms with van der Waals surface area (Å²) in [4.78, 5) is 10.2. The van der Waals surface area contributed by atoms with Crippen LogP contribution in [0.3, 0.4) is 0 Å². The Morgan fingerprint density at radius 1 is 1.78 bits per heavy atom. The van der Waals surface area contributed by atoms with E-state index in [4.69, 9.17) is 10.4 Å². The van der Waals surface area contributed by atoms with Crippen molar-refractivity contribution in [3.05, 3.63) is 0 Å². The summed E-state index contributed by atoms with van der Waals surface area (Å²) in [5.41, 5.74) is 0. The third kappa shape index (κ3) is 1.20. The lowest BCUT2D eigenvalue weighted by molar-refractivity contribution is -0.140. The Kier molecular flexibility index (Phi) is 1.39. The van der Waals surface area contributed by atoms with E-state index in [1.165, 1.54) is 0 Å². The number of rotatable bonds is 2. The first-order valence-electron chi connectivity index (χ1n) is 2.88. The first-order valence-corrected chi connectivity index (χ1v) is 2.88. The molecule has 0 radical (unpaired) electrons. The van der Waals surface area contributed by atoms with Gasteiger partial charge in [-0.1, -0.05) is 0 Å². The van der Waals surface area contributed by atoms with E-state index in [9.17, 15) is 4.79 Å². The predicted molar refractivity (Wildman–Crippen MR) is 29.5 cm³/mol. The van der Waals surface area contributed by atoms with Crippen LogP contribution < -0.4 is 0 Å². The van der Waals surface area contributed by atoms with Crippen molar-refractivity contribution in [1.82, 2.24) is 0 Å². The number of carboxylic acid groups (broad SMARTS) is 1. The minimum atomic E-state index is -0.972. The predicted octanol–water partition coefficient (Wildman–Crippen LogP) is 0.621. The summed E-state index contributed by atoms with van der Waals surface area (Å²) in [5.74, 6) is -1.57. The number of carboxylic acids is 1. The van der Waals surface area contributed by atoms with Crippen LogP contribution in [0.1, 0.15) is 12.8 Å². The molecule has 48 valence electrons. The molecule has 9 heavy (non-hydrogen) atoms. The molecule has 0 bridgehead atoms. The lowest BCUT2D eigenvalue weighted by atomic mass is 10.1. The van der Waals surface area contributed by atoms with Crippen LogP contribution in [0, 0.1) is 23.2 Å². The Morgan fingerprint density at radius 3 is 2.44 bits per heavy atom. The first kappa shape index (κ1) is 6.09. The first-order chi connectivity index (χ1) is 4.25. The molecule has 0 aromatic carbocycles. The molecular weight excluding hydrogens is 118 g/mol. The van der Waals surface area contributed by atoms with Gasteiger partial charge >= 0.3 is 5.97 Å². The normalized spacial score (nSPS) is 20.3. The maximum Gasteiger partial charge on any atom is 0.321 e. The van der Waals surface area contributed by atoms with Crippen molar-refractivity contribution in [3.8, 4) is 6.07 Å². The Balaban J connectivity index is 2.50. The van der Waals surface area contributed by atoms with E-state index in [-0.39, 0.29) is 5.92 Å². The topological polar surface area (TPSA) is 61.1 Å². The van der Waals surface area contributed by atoms with Gasteiger partial charge in [0.05, 0.1) is 6.07 Å². The Bertz CT molecular complexity index is 166. The standard InChI is InChI=1S/C6H7NO2/c7-3-5(6(8)9)4-1-2-4/h4-5H,1-2H2,(H,8,9). The molecule has 1 unspecified atom stereocenters. The molecule has 3 nitrogen and oxygen atoms in total. The van der Waals surface area contributed by atoms with Crippen LogP contribution in [-0.4, -0.2) is 11.1 Å². The fraction of sp³-hybridized carbons (Fsp3) is 0.667. The SMILES string of the molecule is N#CC(C(=O)O)C1CC1. The monoisotopic (exact) mass is 125 g/mol. The van der Waals surface area contributed by atoms with E-state index in [0.717, 1.165) is 12.8 Å². The van der Waals surface area contributed by atoms with Crippen molar-refractivity contribution in [2.24, 2.45) is 11.8 Å². The molecule has 1 saturated carbocycles. The molecule has 0 aromatic heterocycles. The molecule has 0 aliphatic heterocycles. The Labute approximate surface area is 52.9 Å². The number of carbonyl (C=O) groups is 1. The number of hydrogen-bond acceptors (Lipinski definition) is 2. The molecule has 1 atom stereocenters. The summed E-state index contributed by atoms with van der Waals surface area (Å²) in [7, 11) is 0. The Hall–Kier alpha value is -1.04. The van der Waals surface area contributed by atoms with Crippen LogP contribution in [0.5, 0.6) is 0 Å². The summed E-state index contributed by atoms with van der Waals surface area (Å²) in [6.45, 7) is 0. The van der Waals surface area contributed by atoms with Crippen LogP contribution in [0.2, 0.25) is 0 Å². The Morgan fingerprint density at radius 2 is 2.33 bits per heavy atom. The second-order valence-electron chi connectivity index (χ2n) is 2.28. The van der Waals surface area contributed by atoms with Crippen molar-refractivity contribution in [1.29, 1.82) is 5.26 Å². The van der Waals surface area contributed by atoms with Gasteiger partial charge in [0.2, 0.25) is 0 Å². The second kappa shape index (κ2) is 2.06. The highest BCUT2D eigenvalue weighted by molar-refractivity contribution is 5.73. The number of nitriles is 1. The zero-order chi connectivity index (χ0) is 6.85. The van der Waals surface area contributed by atoms with Gasteiger partial charge in [0.15, 0.2) is 0 Å². The van der Waals surface area contributed by atoms with Crippen molar-refractivity contribution in [2.45, 2.75) is 12.8 Å². The van der Waals surface area contributed by atoms with Gasteiger partial charge in [-0.3, -0.25) is 4.79 Å². The highest BCUT2D eigenvalue weighted by atomic mass is 16.4. The molecule has 3 heteroatoms. The van der Waals surface area contributed by atoms with Crippen molar-refractivity contribution < 1.29 is 9.90 Å². The smallest absolute Gasteiger partial charge is 0.321 e. The summed E-state index contributed by atoms with van der Waals surface area (Å²) in [6.07, 6.45) is 1.81. The summed E-state index contributed by atoms with van der Waals surface area (Å²) in [6, 6.07) is 1.76. The van der Waals surface area contributed by atoms with Crippen molar-refractivity contribution >= 4 is 5.97 Å². The van der Waals surface area contributed by atoms with Gasteiger partial charge in [-0.05, 0) is 18.8 Å². The van der Waals surface area contributed by atoms with Crippen LogP contribution in [-0.2, 0) is 4.79 Å². The van der Waals surface area contributed by atoms with Gasteiger partial charge in [0.1, 0.15) is 5.92 Å². The van der Waals surface area contributed by atoms with Crippen molar-refractivity contribution in [2.75, 3.05) is 0 Å². The molecule has 0 heterocycles. The quantitative estimate of drug-likeness (QED) is 0.588. The summed E-state index contributed by atoms with van der Waals surface area (Å²) < 4.78 is 0. The third-order valence-electron chi connectivity index (χ3n) is 1.50. The van der Waals surface area contributed by atoms with Crippen LogP contribution in [0.4, 0.5) is 0 Å². The molecule has 1 fully saturated rings. The van der Waals surface area contributed by atoms with Crippen LogP contribution in [0.25, 0.3) is 0 Å². The average Bonchev–Trinajstić information content (AvgIpc) is 2.50. The molecule has 0 aromatic rings. The van der Waals surface area contributed by atoms with Gasteiger partial charge in [-0.2, -0.15) is 5.26 Å². The maximum absolute atomic E-state index is 10.2. The highest BCUT2D eigenvalue weighted by Crippen LogP contribution is 2.36. The number of hydrogen-bond donors (Lipinski definition) is 1. The summed E-state index contributed by atoms with van der Waals surface area (Å²) >= 11 is 0. The number of nitrogens with zero attached hydrogens (tertiary/aromatic N) is 1. The third-order valence-corrected chi connectivity index (χ3v) is 1.50. The molecule has 1 aliphatic rings. The minimum Gasteiger partial charge on any atom is -0.480 e. The van der Waals surface area contributed by atoms with E-state index < -0.39 is 11.9 Å². The van der Waals surface area contributed by atoms with E-state index in [0.29, 0.717) is 0 Å². The molecule has 0 amide bonds. The van der Waals surface area contributed by atoms with E-state index >= 15 is 0 Å². The second-order valence-corrected chi connectivity index (χ2v) is 2.28. The lowest BCUT2D eigenvalue weighted by Crippen LogP contribution is -2.12. The van der Waals surface area contributed by atoms with Crippen LogP contribution >= 0.6 is 0 Å². The zero-order valence-electron chi connectivity index (χ0n) is 4.87. The molecule has 1 rings (SSSR count).